The van der Waals surface area contributed by atoms with Gasteiger partial charge in [-0.05, 0) is 24.3 Å². The van der Waals surface area contributed by atoms with Crippen LogP contribution in [0.25, 0.3) is 22.5 Å². The number of aromatic amines is 1. The van der Waals surface area contributed by atoms with Crippen molar-refractivity contribution in [1.82, 2.24) is 24.9 Å². The minimum absolute atomic E-state index is 0.0585. The predicted molar refractivity (Wildman–Crippen MR) is 128 cm³/mol. The number of nitrogens with zero attached hydrogens (tertiary/aromatic N) is 6. The molecule has 3 aromatic heterocycles. The topological polar surface area (TPSA) is 126 Å². The number of rotatable bonds is 8. The summed E-state index contributed by atoms with van der Waals surface area (Å²) in [4.78, 5) is 32.6. The third-order valence-corrected chi connectivity index (χ3v) is 5.35. The Kier molecular flexibility index (Phi) is 6.66. The molecule has 0 radical (unpaired) electrons. The number of hydrogen-bond acceptors (Lipinski definition) is 8. The molecule has 0 unspecified atom stereocenters. The Balaban J connectivity index is 1.54. The molecule has 0 aliphatic carbocycles. The summed E-state index contributed by atoms with van der Waals surface area (Å²) < 4.78 is 0. The predicted octanol–water partition coefficient (Wildman–Crippen LogP) is 4.69. The molecule has 0 saturated carbocycles. The van der Waals surface area contributed by atoms with E-state index in [1.54, 1.807) is 36.9 Å². The van der Waals surface area contributed by atoms with Gasteiger partial charge in [-0.2, -0.15) is 0 Å². The first kappa shape index (κ1) is 22.4. The van der Waals surface area contributed by atoms with Crippen LogP contribution in [0.1, 0.15) is 0 Å². The molecular formula is C21H18Cl2N8O2. The summed E-state index contributed by atoms with van der Waals surface area (Å²) in [6.45, 7) is 1.07. The number of imidazole rings is 1. The van der Waals surface area contributed by atoms with E-state index in [9.17, 15) is 10.1 Å². The summed E-state index contributed by atoms with van der Waals surface area (Å²) in [5.74, 6) is 1.04. The monoisotopic (exact) mass is 484 g/mol. The van der Waals surface area contributed by atoms with E-state index in [1.807, 2.05) is 18.0 Å². The van der Waals surface area contributed by atoms with E-state index < -0.39 is 4.92 Å². The van der Waals surface area contributed by atoms with Gasteiger partial charge in [0.25, 0.3) is 5.69 Å². The summed E-state index contributed by atoms with van der Waals surface area (Å²) in [5, 5.41) is 14.9. The highest BCUT2D eigenvalue weighted by atomic mass is 35.5. The van der Waals surface area contributed by atoms with Crippen molar-refractivity contribution in [2.75, 3.05) is 30.4 Å². The summed E-state index contributed by atoms with van der Waals surface area (Å²) >= 11 is 12.5. The van der Waals surface area contributed by atoms with Crippen LogP contribution in [0, 0.1) is 10.1 Å². The largest absolute Gasteiger partial charge is 0.368 e. The van der Waals surface area contributed by atoms with E-state index in [-0.39, 0.29) is 5.69 Å². The minimum atomic E-state index is -0.487. The maximum absolute atomic E-state index is 10.7. The molecular weight excluding hydrogens is 467 g/mol. The normalized spacial score (nSPS) is 10.8. The zero-order chi connectivity index (χ0) is 23.4. The van der Waals surface area contributed by atoms with Crippen molar-refractivity contribution in [2.24, 2.45) is 0 Å². The van der Waals surface area contributed by atoms with Crippen LogP contribution >= 0.6 is 23.2 Å². The van der Waals surface area contributed by atoms with Gasteiger partial charge in [-0.3, -0.25) is 10.1 Å². The third kappa shape index (κ3) is 5.18. The molecule has 0 fully saturated rings. The molecule has 0 atom stereocenters. The van der Waals surface area contributed by atoms with Gasteiger partial charge in [0.1, 0.15) is 12.0 Å². The lowest BCUT2D eigenvalue weighted by Gasteiger charge is -2.19. The lowest BCUT2D eigenvalue weighted by atomic mass is 10.1. The zero-order valence-electron chi connectivity index (χ0n) is 17.4. The fourth-order valence-electron chi connectivity index (χ4n) is 3.09. The van der Waals surface area contributed by atoms with E-state index in [1.165, 1.54) is 12.3 Å². The number of nitrogens with one attached hydrogen (secondary N) is 2. The summed E-state index contributed by atoms with van der Waals surface area (Å²) in [7, 11) is 1.86. The van der Waals surface area contributed by atoms with Crippen LogP contribution in [0.3, 0.4) is 0 Å². The van der Waals surface area contributed by atoms with Gasteiger partial charge in [0.15, 0.2) is 0 Å². The molecule has 10 nitrogen and oxygen atoms in total. The molecule has 0 aliphatic heterocycles. The van der Waals surface area contributed by atoms with Crippen LogP contribution in [-0.4, -0.2) is 50.0 Å². The molecule has 1 aromatic carbocycles. The van der Waals surface area contributed by atoms with E-state index in [0.29, 0.717) is 40.6 Å². The second kappa shape index (κ2) is 9.80. The van der Waals surface area contributed by atoms with Crippen molar-refractivity contribution in [3.8, 4) is 22.5 Å². The van der Waals surface area contributed by atoms with E-state index in [2.05, 4.69) is 25.3 Å². The van der Waals surface area contributed by atoms with E-state index in [4.69, 9.17) is 28.2 Å². The van der Waals surface area contributed by atoms with Crippen molar-refractivity contribution < 1.29 is 4.92 Å². The minimum Gasteiger partial charge on any atom is -0.368 e. The molecule has 0 aliphatic rings. The second-order valence-corrected chi connectivity index (χ2v) is 7.87. The first-order valence-electron chi connectivity index (χ1n) is 9.79. The van der Waals surface area contributed by atoms with Crippen molar-refractivity contribution in [3.63, 3.8) is 0 Å². The maximum Gasteiger partial charge on any atom is 0.287 e. The fraction of sp³-hybridized carbons (Fsp3) is 0.143. The number of anilines is 2. The van der Waals surface area contributed by atoms with Gasteiger partial charge < -0.3 is 15.2 Å². The Bertz CT molecular complexity index is 1270. The fourth-order valence-corrected chi connectivity index (χ4v) is 3.59. The number of hydrogen-bond donors (Lipinski definition) is 2. The lowest BCUT2D eigenvalue weighted by Crippen LogP contribution is -2.26. The third-order valence-electron chi connectivity index (χ3n) is 4.80. The van der Waals surface area contributed by atoms with E-state index in [0.717, 1.165) is 16.8 Å². The number of halogens is 2. The SMILES string of the molecule is CN(CCNc1ccc([N+](=O)[O-])cn1)c1ncc(-c2cnc[nH]2)c(-c2ccc(Cl)cc2Cl)n1. The summed E-state index contributed by atoms with van der Waals surface area (Å²) in [6, 6.07) is 8.21. The highest BCUT2D eigenvalue weighted by Crippen LogP contribution is 2.35. The van der Waals surface area contributed by atoms with Gasteiger partial charge in [0.2, 0.25) is 5.95 Å². The highest BCUT2D eigenvalue weighted by Gasteiger charge is 2.17. The standard InChI is InChI=1S/C21H18Cl2N8O2/c1-30(7-6-25-19-5-3-14(9-26-19)31(32)33)21-27-10-16(18-11-24-12-28-18)20(29-21)15-4-2-13(22)8-17(15)23/h2-5,8-12H,6-7H2,1H3,(H,24,28)(H,25,26). The molecule has 0 bridgehead atoms. The van der Waals surface area contributed by atoms with Gasteiger partial charge in [0.05, 0.1) is 33.9 Å². The molecule has 4 rings (SSSR count). The second-order valence-electron chi connectivity index (χ2n) is 7.03. The number of nitro groups is 1. The number of benzene rings is 1. The Hall–Kier alpha value is -3.76. The van der Waals surface area contributed by atoms with E-state index >= 15 is 0 Å². The smallest absolute Gasteiger partial charge is 0.287 e. The van der Waals surface area contributed by atoms with Crippen molar-refractivity contribution in [1.29, 1.82) is 0 Å². The molecule has 12 heteroatoms. The first-order chi connectivity index (χ1) is 15.9. The van der Waals surface area contributed by atoms with Gasteiger partial charge in [-0.1, -0.05) is 23.2 Å². The van der Waals surface area contributed by atoms with Crippen LogP contribution in [0.2, 0.25) is 10.0 Å². The highest BCUT2D eigenvalue weighted by molar-refractivity contribution is 6.36. The summed E-state index contributed by atoms with van der Waals surface area (Å²) in [6.07, 6.45) is 6.21. The molecule has 3 heterocycles. The van der Waals surface area contributed by atoms with Crippen LogP contribution in [0.5, 0.6) is 0 Å². The molecule has 2 N–H and O–H groups in total. The van der Waals surface area contributed by atoms with Crippen molar-refractivity contribution >= 4 is 40.7 Å². The van der Waals surface area contributed by atoms with Crippen molar-refractivity contribution in [3.05, 3.63) is 75.4 Å². The Labute approximate surface area is 198 Å². The number of aromatic nitrogens is 5. The molecule has 0 saturated heterocycles. The molecule has 0 amide bonds. The van der Waals surface area contributed by atoms with Crippen LogP contribution in [0.4, 0.5) is 17.5 Å². The first-order valence-corrected chi connectivity index (χ1v) is 10.5. The summed E-state index contributed by atoms with van der Waals surface area (Å²) in [5.41, 5.74) is 2.81. The van der Waals surface area contributed by atoms with Gasteiger partial charge in [0, 0.05) is 48.5 Å². The Morgan fingerprint density at radius 2 is 1.97 bits per heavy atom. The van der Waals surface area contributed by atoms with Crippen LogP contribution in [0.15, 0.2) is 55.2 Å². The number of likely N-dealkylation sites (N-methyl/N-ethyl adjacent to an activating group) is 1. The molecule has 4 aromatic rings. The maximum atomic E-state index is 10.7. The molecule has 168 valence electrons. The molecule has 33 heavy (non-hydrogen) atoms. The average Bonchev–Trinajstić information content (AvgIpc) is 3.34. The van der Waals surface area contributed by atoms with Gasteiger partial charge >= 0.3 is 0 Å². The number of H-pyrrole nitrogens is 1. The Morgan fingerprint density at radius 1 is 1.12 bits per heavy atom. The lowest BCUT2D eigenvalue weighted by molar-refractivity contribution is -0.385. The number of pyridine rings is 1. The molecule has 0 spiro atoms. The van der Waals surface area contributed by atoms with Crippen LogP contribution < -0.4 is 10.2 Å². The van der Waals surface area contributed by atoms with Gasteiger partial charge in [-0.15, -0.1) is 0 Å². The quantitative estimate of drug-likeness (QED) is 0.272. The Morgan fingerprint density at radius 3 is 2.64 bits per heavy atom. The zero-order valence-corrected chi connectivity index (χ0v) is 18.9. The van der Waals surface area contributed by atoms with Gasteiger partial charge in [-0.25, -0.2) is 19.9 Å². The van der Waals surface area contributed by atoms with Crippen LogP contribution in [-0.2, 0) is 0 Å². The van der Waals surface area contributed by atoms with Crippen molar-refractivity contribution in [2.45, 2.75) is 0 Å². The average molecular weight is 485 g/mol.